The van der Waals surface area contributed by atoms with Gasteiger partial charge in [-0.2, -0.15) is 0 Å². The van der Waals surface area contributed by atoms with Crippen LogP contribution in [0.25, 0.3) is 0 Å². The van der Waals surface area contributed by atoms with Gasteiger partial charge in [0.1, 0.15) is 0 Å². The minimum Gasteiger partial charge on any atom is -0.380 e. The van der Waals surface area contributed by atoms with Gasteiger partial charge in [-0.3, -0.25) is 0 Å². The summed E-state index contributed by atoms with van der Waals surface area (Å²) in [6.07, 6.45) is 4.28. The van der Waals surface area contributed by atoms with Gasteiger partial charge < -0.3 is 10.2 Å². The summed E-state index contributed by atoms with van der Waals surface area (Å²) in [5.41, 5.74) is 1.12. The lowest BCUT2D eigenvalue weighted by atomic mass is 10.0. The highest BCUT2D eigenvalue weighted by Crippen LogP contribution is 2.22. The maximum absolute atomic E-state index is 4.39. The van der Waals surface area contributed by atoms with Crippen LogP contribution < -0.4 is 10.2 Å². The van der Waals surface area contributed by atoms with Gasteiger partial charge in [-0.25, -0.2) is 4.98 Å². The lowest BCUT2D eigenvalue weighted by Gasteiger charge is -2.21. The molecule has 0 bridgehead atoms. The summed E-state index contributed by atoms with van der Waals surface area (Å²) in [6, 6.07) is 4.55. The van der Waals surface area contributed by atoms with Crippen molar-refractivity contribution in [1.29, 1.82) is 0 Å². The summed E-state index contributed by atoms with van der Waals surface area (Å²) in [6.45, 7) is 6.76. The van der Waals surface area contributed by atoms with Crippen molar-refractivity contribution in [2.24, 2.45) is 5.92 Å². The monoisotopic (exact) mass is 235 g/mol. The van der Waals surface area contributed by atoms with Gasteiger partial charge in [0.2, 0.25) is 0 Å². The Balaban J connectivity index is 2.61. The van der Waals surface area contributed by atoms with E-state index in [2.05, 4.69) is 37.1 Å². The van der Waals surface area contributed by atoms with Crippen LogP contribution in [-0.2, 0) is 0 Å². The van der Waals surface area contributed by atoms with Crippen LogP contribution in [0.15, 0.2) is 18.3 Å². The van der Waals surface area contributed by atoms with Gasteiger partial charge in [0.15, 0.2) is 5.82 Å². The molecule has 1 unspecified atom stereocenters. The summed E-state index contributed by atoms with van der Waals surface area (Å²) in [5, 5.41) is 3.54. The van der Waals surface area contributed by atoms with Crippen LogP contribution in [0.1, 0.15) is 33.6 Å². The maximum Gasteiger partial charge on any atom is 0.151 e. The Kier molecular flexibility index (Phi) is 5.26. The molecule has 0 saturated carbocycles. The molecule has 0 saturated heterocycles. The molecule has 1 N–H and O–H groups in total. The van der Waals surface area contributed by atoms with Crippen LogP contribution in [-0.4, -0.2) is 25.1 Å². The molecule has 1 aromatic heterocycles. The molecule has 3 heteroatoms. The Bertz CT molecular complexity index is 334. The van der Waals surface area contributed by atoms with Crippen LogP contribution in [0, 0.1) is 5.92 Å². The van der Waals surface area contributed by atoms with E-state index in [1.54, 1.807) is 0 Å². The maximum atomic E-state index is 4.39. The second-order valence-electron chi connectivity index (χ2n) is 5.29. The van der Waals surface area contributed by atoms with Crippen LogP contribution >= 0.6 is 0 Å². The molecule has 0 aliphatic rings. The third kappa shape index (κ3) is 4.63. The van der Waals surface area contributed by atoms with Crippen molar-refractivity contribution in [2.75, 3.05) is 24.3 Å². The molecule has 96 valence electrons. The zero-order valence-corrected chi connectivity index (χ0v) is 11.7. The quantitative estimate of drug-likeness (QED) is 0.819. The predicted octanol–water partition coefficient (Wildman–Crippen LogP) is 3.38. The number of hydrogen-bond donors (Lipinski definition) is 1. The standard InChI is InChI=1S/C14H25N3/c1-11(2)8-9-12(3)16-13-7-6-10-15-14(13)17(4)5/h6-7,10-12,16H,8-9H2,1-5H3. The molecule has 17 heavy (non-hydrogen) atoms. The molecule has 3 nitrogen and oxygen atoms in total. The smallest absolute Gasteiger partial charge is 0.151 e. The van der Waals surface area contributed by atoms with E-state index in [0.717, 1.165) is 17.4 Å². The first-order valence-electron chi connectivity index (χ1n) is 6.39. The van der Waals surface area contributed by atoms with Gasteiger partial charge in [-0.05, 0) is 37.8 Å². The molecular formula is C14H25N3. The Hall–Kier alpha value is -1.25. The van der Waals surface area contributed by atoms with E-state index in [9.17, 15) is 0 Å². The van der Waals surface area contributed by atoms with Crippen molar-refractivity contribution in [3.05, 3.63) is 18.3 Å². The van der Waals surface area contributed by atoms with Crippen LogP contribution in [0.3, 0.4) is 0 Å². The Labute approximate surface area is 105 Å². The SMILES string of the molecule is CC(C)CCC(C)Nc1cccnc1N(C)C. The minimum atomic E-state index is 0.486. The molecular weight excluding hydrogens is 210 g/mol. The number of anilines is 2. The number of rotatable bonds is 6. The van der Waals surface area contributed by atoms with Crippen molar-refractivity contribution in [1.82, 2.24) is 4.98 Å². The van der Waals surface area contributed by atoms with E-state index in [1.165, 1.54) is 12.8 Å². The fourth-order valence-electron chi connectivity index (χ4n) is 1.79. The topological polar surface area (TPSA) is 28.2 Å². The van der Waals surface area contributed by atoms with Crippen molar-refractivity contribution in [3.8, 4) is 0 Å². The van der Waals surface area contributed by atoms with Gasteiger partial charge >= 0.3 is 0 Å². The highest BCUT2D eigenvalue weighted by atomic mass is 15.2. The molecule has 0 aliphatic heterocycles. The average Bonchev–Trinajstić information content (AvgIpc) is 2.27. The largest absolute Gasteiger partial charge is 0.380 e. The second-order valence-corrected chi connectivity index (χ2v) is 5.29. The lowest BCUT2D eigenvalue weighted by molar-refractivity contribution is 0.527. The molecule has 0 aliphatic carbocycles. The summed E-state index contributed by atoms with van der Waals surface area (Å²) in [5.74, 6) is 1.77. The van der Waals surface area contributed by atoms with E-state index in [1.807, 2.05) is 31.3 Å². The molecule has 0 amide bonds. The number of pyridine rings is 1. The first-order valence-corrected chi connectivity index (χ1v) is 6.39. The van der Waals surface area contributed by atoms with Crippen LogP contribution in [0.4, 0.5) is 11.5 Å². The fourth-order valence-corrected chi connectivity index (χ4v) is 1.79. The number of nitrogens with zero attached hydrogens (tertiary/aromatic N) is 2. The van der Waals surface area contributed by atoms with Gasteiger partial charge in [0.25, 0.3) is 0 Å². The van der Waals surface area contributed by atoms with E-state index in [0.29, 0.717) is 6.04 Å². The van der Waals surface area contributed by atoms with E-state index >= 15 is 0 Å². The zero-order valence-electron chi connectivity index (χ0n) is 11.7. The van der Waals surface area contributed by atoms with Gasteiger partial charge in [-0.1, -0.05) is 13.8 Å². The Morgan fingerprint density at radius 2 is 1.94 bits per heavy atom. The number of aromatic nitrogens is 1. The molecule has 1 atom stereocenters. The average molecular weight is 235 g/mol. The first kappa shape index (κ1) is 13.8. The van der Waals surface area contributed by atoms with Crippen LogP contribution in [0.2, 0.25) is 0 Å². The molecule has 1 aromatic rings. The molecule has 1 heterocycles. The van der Waals surface area contributed by atoms with E-state index < -0.39 is 0 Å². The van der Waals surface area contributed by atoms with Gasteiger partial charge in [-0.15, -0.1) is 0 Å². The second kappa shape index (κ2) is 6.48. The van der Waals surface area contributed by atoms with Crippen molar-refractivity contribution < 1.29 is 0 Å². The summed E-state index contributed by atoms with van der Waals surface area (Å²) in [7, 11) is 4.04. The molecule has 0 aromatic carbocycles. The first-order chi connectivity index (χ1) is 8.00. The van der Waals surface area contributed by atoms with Gasteiger partial charge in [0.05, 0.1) is 5.69 Å². The van der Waals surface area contributed by atoms with Crippen molar-refractivity contribution in [3.63, 3.8) is 0 Å². The fraction of sp³-hybridized carbons (Fsp3) is 0.643. The van der Waals surface area contributed by atoms with Crippen molar-refractivity contribution >= 4 is 11.5 Å². The normalized spacial score (nSPS) is 12.6. The summed E-state index contributed by atoms with van der Waals surface area (Å²) < 4.78 is 0. The third-order valence-corrected chi connectivity index (χ3v) is 2.79. The molecule has 0 spiro atoms. The Morgan fingerprint density at radius 1 is 1.24 bits per heavy atom. The Morgan fingerprint density at radius 3 is 2.53 bits per heavy atom. The van der Waals surface area contributed by atoms with E-state index in [4.69, 9.17) is 0 Å². The van der Waals surface area contributed by atoms with E-state index in [-0.39, 0.29) is 0 Å². The number of nitrogens with one attached hydrogen (secondary N) is 1. The van der Waals surface area contributed by atoms with Crippen molar-refractivity contribution in [2.45, 2.75) is 39.7 Å². The summed E-state index contributed by atoms with van der Waals surface area (Å²) >= 11 is 0. The highest BCUT2D eigenvalue weighted by molar-refractivity contribution is 5.64. The minimum absolute atomic E-state index is 0.486. The molecule has 0 radical (unpaired) electrons. The summed E-state index contributed by atoms with van der Waals surface area (Å²) in [4.78, 5) is 6.43. The third-order valence-electron chi connectivity index (χ3n) is 2.79. The lowest BCUT2D eigenvalue weighted by Crippen LogP contribution is -2.19. The highest BCUT2D eigenvalue weighted by Gasteiger charge is 2.08. The van der Waals surface area contributed by atoms with Gasteiger partial charge in [0, 0.05) is 26.3 Å². The molecule has 1 rings (SSSR count). The number of hydrogen-bond acceptors (Lipinski definition) is 3. The zero-order chi connectivity index (χ0) is 12.8. The van der Waals surface area contributed by atoms with Crippen LogP contribution in [0.5, 0.6) is 0 Å². The predicted molar refractivity (Wildman–Crippen MR) is 75.7 cm³/mol. The molecule has 0 fully saturated rings.